The summed E-state index contributed by atoms with van der Waals surface area (Å²) < 4.78 is 40.0. The summed E-state index contributed by atoms with van der Waals surface area (Å²) in [6, 6.07) is 7.72. The maximum Gasteiger partial charge on any atom is 0.268 e. The van der Waals surface area contributed by atoms with Crippen molar-refractivity contribution in [2.45, 2.75) is 24.9 Å². The molecule has 1 saturated heterocycles. The van der Waals surface area contributed by atoms with Crippen LogP contribution in [0.25, 0.3) is 0 Å². The zero-order chi connectivity index (χ0) is 21.7. The van der Waals surface area contributed by atoms with Crippen LogP contribution in [0.1, 0.15) is 22.3 Å². The average Bonchev–Trinajstić information content (AvgIpc) is 3.06. The summed E-state index contributed by atoms with van der Waals surface area (Å²) in [6.45, 7) is -1.07. The Morgan fingerprint density at radius 1 is 1.27 bits per heavy atom. The van der Waals surface area contributed by atoms with Crippen molar-refractivity contribution in [2.24, 2.45) is 0 Å². The van der Waals surface area contributed by atoms with Crippen molar-refractivity contribution >= 4 is 17.5 Å². The van der Waals surface area contributed by atoms with Crippen molar-refractivity contribution in [2.75, 3.05) is 18.4 Å². The lowest BCUT2D eigenvalue weighted by Gasteiger charge is -2.19. The lowest BCUT2D eigenvalue weighted by atomic mass is 10.2. The Bertz CT molecular complexity index is 975. The average molecular weight is 417 g/mol. The molecule has 1 aliphatic heterocycles. The zero-order valence-electron chi connectivity index (χ0n) is 15.7. The number of carbonyl (C=O) groups excluding carboxylic acids is 2. The number of nitriles is 1. The summed E-state index contributed by atoms with van der Waals surface area (Å²) in [5.41, 5.74) is 1.36. The van der Waals surface area contributed by atoms with Gasteiger partial charge in [0.2, 0.25) is 5.91 Å². The smallest absolute Gasteiger partial charge is 0.268 e. The van der Waals surface area contributed by atoms with Gasteiger partial charge in [0.1, 0.15) is 11.9 Å². The molecule has 156 valence electrons. The number of nitrogens with one attached hydrogen (secondary N) is 2. The molecule has 1 atom stereocenters. The molecule has 30 heavy (non-hydrogen) atoms. The molecule has 1 aromatic heterocycles. The van der Waals surface area contributed by atoms with Gasteiger partial charge in [-0.2, -0.15) is 5.26 Å². The van der Waals surface area contributed by atoms with Crippen molar-refractivity contribution < 1.29 is 22.8 Å². The Morgan fingerprint density at radius 3 is 2.70 bits per heavy atom. The van der Waals surface area contributed by atoms with E-state index in [1.54, 1.807) is 18.2 Å². The number of pyridine rings is 1. The highest BCUT2D eigenvalue weighted by molar-refractivity contribution is 6.00. The Kier molecular flexibility index (Phi) is 6.20. The van der Waals surface area contributed by atoms with E-state index >= 15 is 0 Å². The van der Waals surface area contributed by atoms with Crippen LogP contribution in [-0.4, -0.2) is 46.8 Å². The number of hydrogen-bond acceptors (Lipinski definition) is 5. The van der Waals surface area contributed by atoms with Gasteiger partial charge in [-0.05, 0) is 23.8 Å². The Balaban J connectivity index is 1.61. The number of alkyl halides is 2. The third-order valence-corrected chi connectivity index (χ3v) is 4.60. The molecule has 0 radical (unpaired) electrons. The van der Waals surface area contributed by atoms with Crippen LogP contribution in [0.4, 0.5) is 18.9 Å². The largest absolute Gasteiger partial charge is 0.379 e. The van der Waals surface area contributed by atoms with Gasteiger partial charge >= 0.3 is 0 Å². The summed E-state index contributed by atoms with van der Waals surface area (Å²) >= 11 is 0. The first kappa shape index (κ1) is 21.1. The number of halogens is 3. The predicted molar refractivity (Wildman–Crippen MR) is 101 cm³/mol. The second-order valence-corrected chi connectivity index (χ2v) is 6.81. The lowest BCUT2D eigenvalue weighted by Crippen LogP contribution is -2.43. The maximum atomic E-state index is 13.5. The first-order chi connectivity index (χ1) is 14.3. The number of hydrogen-bond donors (Lipinski definition) is 2. The fourth-order valence-corrected chi connectivity index (χ4v) is 3.08. The highest BCUT2D eigenvalue weighted by Gasteiger charge is 2.47. The van der Waals surface area contributed by atoms with E-state index in [1.807, 2.05) is 0 Å². The van der Waals surface area contributed by atoms with Gasteiger partial charge in [0, 0.05) is 19.2 Å². The molecular weight excluding hydrogens is 399 g/mol. The predicted octanol–water partition coefficient (Wildman–Crippen LogP) is 2.32. The van der Waals surface area contributed by atoms with Crippen LogP contribution >= 0.6 is 0 Å². The van der Waals surface area contributed by atoms with Crippen LogP contribution in [0.3, 0.4) is 0 Å². The third-order valence-electron chi connectivity index (χ3n) is 4.60. The topological polar surface area (TPSA) is 98.1 Å². The first-order valence-electron chi connectivity index (χ1n) is 9.06. The highest BCUT2D eigenvalue weighted by atomic mass is 19.3. The summed E-state index contributed by atoms with van der Waals surface area (Å²) in [4.78, 5) is 29.5. The maximum absolute atomic E-state index is 13.5. The molecule has 1 unspecified atom stereocenters. The molecule has 1 fully saturated rings. The molecule has 0 bridgehead atoms. The second kappa shape index (κ2) is 8.82. The number of likely N-dealkylation sites (tertiary alicyclic amines) is 1. The molecule has 0 spiro atoms. The van der Waals surface area contributed by atoms with Gasteiger partial charge < -0.3 is 15.5 Å². The summed E-state index contributed by atoms with van der Waals surface area (Å²) in [5.74, 6) is -4.85. The van der Waals surface area contributed by atoms with Crippen molar-refractivity contribution in [3.63, 3.8) is 0 Å². The molecule has 1 aliphatic rings. The van der Waals surface area contributed by atoms with E-state index in [0.717, 1.165) is 10.5 Å². The number of rotatable bonds is 6. The molecule has 1 aromatic carbocycles. The van der Waals surface area contributed by atoms with E-state index in [2.05, 4.69) is 15.6 Å². The number of carbonyl (C=O) groups is 2. The molecule has 3 rings (SSSR count). The van der Waals surface area contributed by atoms with E-state index in [1.165, 1.54) is 30.6 Å². The van der Waals surface area contributed by atoms with E-state index in [9.17, 15) is 22.8 Å². The Labute approximate surface area is 170 Å². The van der Waals surface area contributed by atoms with Crippen molar-refractivity contribution in [1.82, 2.24) is 15.2 Å². The molecular formula is C20H18F3N5O2. The molecule has 2 heterocycles. The number of amides is 2. The first-order valence-corrected chi connectivity index (χ1v) is 9.06. The minimum absolute atomic E-state index is 0.198. The van der Waals surface area contributed by atoms with Gasteiger partial charge in [0.05, 0.1) is 36.6 Å². The SMILES string of the molecule is N#CC1CC(F)(F)CN1C(=O)CNC(=O)c1ccncc1NCc1ccc(F)cc1. The van der Waals surface area contributed by atoms with E-state index in [4.69, 9.17) is 5.26 Å². The van der Waals surface area contributed by atoms with E-state index in [0.29, 0.717) is 12.2 Å². The van der Waals surface area contributed by atoms with Crippen molar-refractivity contribution in [3.8, 4) is 6.07 Å². The number of anilines is 1. The summed E-state index contributed by atoms with van der Waals surface area (Å²) in [6.07, 6.45) is 2.10. The van der Waals surface area contributed by atoms with Gasteiger partial charge in [-0.3, -0.25) is 14.6 Å². The standard InChI is InChI=1S/C20H18F3N5O2/c21-14-3-1-13(2-4-14)9-26-17-10-25-6-5-16(17)19(30)27-11-18(29)28-12-20(22,23)7-15(28)8-24/h1-6,10,15,26H,7,9,11-12H2,(H,27,30). The van der Waals surface area contributed by atoms with Crippen LogP contribution in [-0.2, 0) is 11.3 Å². The normalized spacial score (nSPS) is 17.3. The quantitative estimate of drug-likeness (QED) is 0.752. The fraction of sp³-hybridized carbons (Fsp3) is 0.300. The molecule has 7 nitrogen and oxygen atoms in total. The number of benzene rings is 1. The van der Waals surface area contributed by atoms with Crippen LogP contribution in [0.2, 0.25) is 0 Å². The molecule has 0 saturated carbocycles. The zero-order valence-corrected chi connectivity index (χ0v) is 15.7. The lowest BCUT2D eigenvalue weighted by molar-refractivity contribution is -0.131. The third kappa shape index (κ3) is 5.05. The van der Waals surface area contributed by atoms with E-state index in [-0.39, 0.29) is 11.4 Å². The van der Waals surface area contributed by atoms with Gasteiger partial charge in [0.25, 0.3) is 11.8 Å². The van der Waals surface area contributed by atoms with Gasteiger partial charge in [-0.1, -0.05) is 12.1 Å². The fourth-order valence-electron chi connectivity index (χ4n) is 3.08. The summed E-state index contributed by atoms with van der Waals surface area (Å²) in [5, 5.41) is 14.4. The summed E-state index contributed by atoms with van der Waals surface area (Å²) in [7, 11) is 0. The number of nitrogens with zero attached hydrogens (tertiary/aromatic N) is 3. The van der Waals surface area contributed by atoms with Crippen LogP contribution in [0.15, 0.2) is 42.7 Å². The van der Waals surface area contributed by atoms with Gasteiger partial charge in [0.15, 0.2) is 0 Å². The molecule has 2 amide bonds. The Hall–Kier alpha value is -3.61. The molecule has 2 aromatic rings. The second-order valence-electron chi connectivity index (χ2n) is 6.81. The minimum Gasteiger partial charge on any atom is -0.379 e. The van der Waals surface area contributed by atoms with Crippen molar-refractivity contribution in [1.29, 1.82) is 5.26 Å². The minimum atomic E-state index is -3.12. The molecule has 0 aliphatic carbocycles. The van der Waals surface area contributed by atoms with E-state index < -0.39 is 43.3 Å². The number of aromatic nitrogens is 1. The molecule has 2 N–H and O–H groups in total. The van der Waals surface area contributed by atoms with Gasteiger partial charge in [-0.25, -0.2) is 13.2 Å². The molecule has 10 heteroatoms. The van der Waals surface area contributed by atoms with Crippen LogP contribution in [0, 0.1) is 17.1 Å². The van der Waals surface area contributed by atoms with Gasteiger partial charge in [-0.15, -0.1) is 0 Å². The highest BCUT2D eigenvalue weighted by Crippen LogP contribution is 2.31. The van der Waals surface area contributed by atoms with Crippen molar-refractivity contribution in [3.05, 3.63) is 59.7 Å². The Morgan fingerprint density at radius 2 is 2.00 bits per heavy atom. The monoisotopic (exact) mass is 417 g/mol. The van der Waals surface area contributed by atoms with Crippen LogP contribution in [0.5, 0.6) is 0 Å². The van der Waals surface area contributed by atoms with Crippen LogP contribution < -0.4 is 10.6 Å².